The van der Waals surface area contributed by atoms with Crippen LogP contribution < -0.4 is 5.32 Å². The molecule has 3 heteroatoms. The summed E-state index contributed by atoms with van der Waals surface area (Å²) in [6.07, 6.45) is 3.06. The van der Waals surface area contributed by atoms with E-state index in [1.165, 1.54) is 13.2 Å². The number of allylic oxidation sites excluding steroid dienone is 2. The molecule has 1 N–H and O–H groups in total. The molecule has 10 heavy (non-hydrogen) atoms. The largest absolute Gasteiger partial charge is 0.464 e. The maximum Gasteiger partial charge on any atom is 0.354 e. The molecule has 0 saturated heterocycles. The molecule has 0 aromatic heterocycles. The van der Waals surface area contributed by atoms with Gasteiger partial charge in [-0.1, -0.05) is 12.7 Å². The number of likely N-dealkylation sites (N-methyl/N-ethyl adjacent to an activating group) is 1. The Balaban J connectivity index is 4.19. The topological polar surface area (TPSA) is 38.3 Å². The van der Waals surface area contributed by atoms with Gasteiger partial charge < -0.3 is 10.1 Å². The van der Waals surface area contributed by atoms with Gasteiger partial charge >= 0.3 is 5.97 Å². The van der Waals surface area contributed by atoms with E-state index in [0.717, 1.165) is 0 Å². The van der Waals surface area contributed by atoms with E-state index in [9.17, 15) is 4.79 Å². The van der Waals surface area contributed by atoms with Crippen molar-refractivity contribution in [3.05, 3.63) is 24.4 Å². The van der Waals surface area contributed by atoms with Crippen molar-refractivity contribution in [3.63, 3.8) is 0 Å². The summed E-state index contributed by atoms with van der Waals surface area (Å²) < 4.78 is 4.44. The van der Waals surface area contributed by atoms with Crippen molar-refractivity contribution >= 4 is 5.97 Å². The first-order chi connectivity index (χ1) is 4.76. The van der Waals surface area contributed by atoms with E-state index in [0.29, 0.717) is 5.70 Å². The molecule has 0 atom stereocenters. The molecule has 0 amide bonds. The number of carbonyl (C=O) groups excluding carboxylic acids is 1. The molecule has 0 bridgehead atoms. The Kier molecular flexibility index (Phi) is 4.04. The van der Waals surface area contributed by atoms with Crippen molar-refractivity contribution < 1.29 is 9.53 Å². The molecule has 0 rings (SSSR count). The molecule has 0 aliphatic carbocycles. The number of methoxy groups -OCH3 is 1. The molecular formula is C7H11NO2. The fraction of sp³-hybridized carbons (Fsp3) is 0.286. The van der Waals surface area contributed by atoms with Crippen molar-refractivity contribution in [1.82, 2.24) is 5.32 Å². The molecule has 56 valence electrons. The Morgan fingerprint density at radius 3 is 2.60 bits per heavy atom. The lowest BCUT2D eigenvalue weighted by Crippen LogP contribution is -2.16. The quantitative estimate of drug-likeness (QED) is 0.352. The number of rotatable bonds is 3. The zero-order valence-corrected chi connectivity index (χ0v) is 6.18. The van der Waals surface area contributed by atoms with Crippen molar-refractivity contribution in [3.8, 4) is 0 Å². The van der Waals surface area contributed by atoms with Gasteiger partial charge in [-0.05, 0) is 6.08 Å². The maximum atomic E-state index is 10.7. The monoisotopic (exact) mass is 141 g/mol. The summed E-state index contributed by atoms with van der Waals surface area (Å²) in [6, 6.07) is 0. The predicted molar refractivity (Wildman–Crippen MR) is 39.4 cm³/mol. The third kappa shape index (κ3) is 2.35. The molecule has 3 nitrogen and oxygen atoms in total. The Bertz CT molecular complexity index is 161. The van der Waals surface area contributed by atoms with Gasteiger partial charge in [-0.2, -0.15) is 0 Å². The Morgan fingerprint density at radius 2 is 2.30 bits per heavy atom. The third-order valence-corrected chi connectivity index (χ3v) is 0.959. The van der Waals surface area contributed by atoms with Crippen LogP contribution in [-0.2, 0) is 9.53 Å². The van der Waals surface area contributed by atoms with Gasteiger partial charge in [-0.3, -0.25) is 0 Å². The standard InChI is InChI=1S/C7H11NO2/c1-4-5-6(8-2)7(9)10-3/h4-5,8H,1H2,2-3H3/b6-5-. The summed E-state index contributed by atoms with van der Waals surface area (Å²) in [5.41, 5.74) is 0.400. The normalized spacial score (nSPS) is 10.4. The molecule has 0 radical (unpaired) electrons. The summed E-state index contributed by atoms with van der Waals surface area (Å²) in [5, 5.41) is 2.67. The van der Waals surface area contributed by atoms with Gasteiger partial charge in [-0.15, -0.1) is 0 Å². The van der Waals surface area contributed by atoms with Crippen LogP contribution in [0.3, 0.4) is 0 Å². The second-order valence-corrected chi connectivity index (χ2v) is 1.56. The lowest BCUT2D eigenvalue weighted by molar-refractivity contribution is -0.136. The van der Waals surface area contributed by atoms with Crippen molar-refractivity contribution in [2.24, 2.45) is 0 Å². The Labute approximate surface area is 60.4 Å². The first-order valence-corrected chi connectivity index (χ1v) is 2.85. The maximum absolute atomic E-state index is 10.7. The molecule has 0 heterocycles. The second-order valence-electron chi connectivity index (χ2n) is 1.56. The Morgan fingerprint density at radius 1 is 1.70 bits per heavy atom. The van der Waals surface area contributed by atoms with E-state index >= 15 is 0 Å². The molecule has 0 saturated carbocycles. The third-order valence-electron chi connectivity index (χ3n) is 0.959. The zero-order valence-electron chi connectivity index (χ0n) is 6.18. The fourth-order valence-corrected chi connectivity index (χ4v) is 0.481. The number of hydrogen-bond donors (Lipinski definition) is 1. The minimum Gasteiger partial charge on any atom is -0.464 e. The molecule has 0 aromatic rings. The van der Waals surface area contributed by atoms with Crippen LogP contribution in [0.4, 0.5) is 0 Å². The number of ether oxygens (including phenoxy) is 1. The summed E-state index contributed by atoms with van der Waals surface area (Å²) in [5.74, 6) is -0.387. The first kappa shape index (κ1) is 8.75. The second kappa shape index (κ2) is 4.61. The average molecular weight is 141 g/mol. The minimum absolute atomic E-state index is 0.387. The van der Waals surface area contributed by atoms with Crippen LogP contribution in [0.15, 0.2) is 24.4 Å². The van der Waals surface area contributed by atoms with Crippen LogP contribution in [0.5, 0.6) is 0 Å². The van der Waals surface area contributed by atoms with E-state index in [1.54, 1.807) is 13.1 Å². The SMILES string of the molecule is C=C/C=C(\NC)C(=O)OC. The number of hydrogen-bond acceptors (Lipinski definition) is 3. The van der Waals surface area contributed by atoms with Crippen molar-refractivity contribution in [1.29, 1.82) is 0 Å². The predicted octanol–water partition coefficient (Wildman–Crippen LogP) is 0.449. The lowest BCUT2D eigenvalue weighted by atomic mass is 10.4. The van der Waals surface area contributed by atoms with E-state index in [2.05, 4.69) is 16.6 Å². The molecule has 0 unspecified atom stereocenters. The van der Waals surface area contributed by atoms with E-state index in [1.807, 2.05) is 0 Å². The summed E-state index contributed by atoms with van der Waals surface area (Å²) in [7, 11) is 2.98. The van der Waals surface area contributed by atoms with Crippen LogP contribution in [0.2, 0.25) is 0 Å². The van der Waals surface area contributed by atoms with Crippen LogP contribution in [0.25, 0.3) is 0 Å². The van der Waals surface area contributed by atoms with Gasteiger partial charge in [0.15, 0.2) is 0 Å². The molecular weight excluding hydrogens is 130 g/mol. The van der Waals surface area contributed by atoms with Crippen molar-refractivity contribution in [2.75, 3.05) is 14.2 Å². The summed E-state index contributed by atoms with van der Waals surface area (Å²) >= 11 is 0. The highest BCUT2D eigenvalue weighted by Crippen LogP contribution is 1.90. The highest BCUT2D eigenvalue weighted by Gasteiger charge is 2.03. The van der Waals surface area contributed by atoms with Gasteiger partial charge in [-0.25, -0.2) is 4.79 Å². The highest BCUT2D eigenvalue weighted by molar-refractivity contribution is 5.87. The van der Waals surface area contributed by atoms with Crippen LogP contribution in [-0.4, -0.2) is 20.1 Å². The van der Waals surface area contributed by atoms with E-state index in [4.69, 9.17) is 0 Å². The molecule has 0 aliphatic heterocycles. The van der Waals surface area contributed by atoms with Crippen LogP contribution >= 0.6 is 0 Å². The molecule has 0 aliphatic rings. The first-order valence-electron chi connectivity index (χ1n) is 2.85. The highest BCUT2D eigenvalue weighted by atomic mass is 16.5. The lowest BCUT2D eigenvalue weighted by Gasteiger charge is -2.01. The zero-order chi connectivity index (χ0) is 7.98. The van der Waals surface area contributed by atoms with Gasteiger partial charge in [0.1, 0.15) is 5.70 Å². The number of esters is 1. The van der Waals surface area contributed by atoms with Gasteiger partial charge in [0.05, 0.1) is 7.11 Å². The molecule has 0 spiro atoms. The average Bonchev–Trinajstić information content (AvgIpc) is 1.99. The minimum atomic E-state index is -0.387. The Hall–Kier alpha value is -1.25. The van der Waals surface area contributed by atoms with Gasteiger partial charge in [0, 0.05) is 7.05 Å². The van der Waals surface area contributed by atoms with E-state index in [-0.39, 0.29) is 5.97 Å². The molecule has 0 fully saturated rings. The molecule has 0 aromatic carbocycles. The van der Waals surface area contributed by atoms with Crippen LogP contribution in [0.1, 0.15) is 0 Å². The number of carbonyl (C=O) groups is 1. The van der Waals surface area contributed by atoms with Crippen molar-refractivity contribution in [2.45, 2.75) is 0 Å². The van der Waals surface area contributed by atoms with Gasteiger partial charge in [0.2, 0.25) is 0 Å². The fourth-order valence-electron chi connectivity index (χ4n) is 0.481. The summed E-state index contributed by atoms with van der Waals surface area (Å²) in [4.78, 5) is 10.7. The van der Waals surface area contributed by atoms with Gasteiger partial charge in [0.25, 0.3) is 0 Å². The number of nitrogens with one attached hydrogen (secondary N) is 1. The smallest absolute Gasteiger partial charge is 0.354 e. The van der Waals surface area contributed by atoms with Crippen LogP contribution in [0, 0.1) is 0 Å². The summed E-state index contributed by atoms with van der Waals surface area (Å²) in [6.45, 7) is 3.44. The van der Waals surface area contributed by atoms with E-state index < -0.39 is 0 Å².